The minimum absolute atomic E-state index is 0.267. The number of ether oxygens (including phenoxy) is 1. The van der Waals surface area contributed by atoms with Gasteiger partial charge < -0.3 is 4.74 Å². The van der Waals surface area contributed by atoms with E-state index >= 15 is 0 Å². The number of rotatable bonds is 5. The molecule has 98 valence electrons. The van der Waals surface area contributed by atoms with Gasteiger partial charge in [-0.05, 0) is 39.7 Å². The summed E-state index contributed by atoms with van der Waals surface area (Å²) >= 11 is 0. The van der Waals surface area contributed by atoms with Crippen LogP contribution in [0, 0.1) is 0 Å². The molecule has 1 atom stereocenters. The van der Waals surface area contributed by atoms with Crippen LogP contribution in [0.3, 0.4) is 0 Å². The highest BCUT2D eigenvalue weighted by atomic mass is 19.4. The van der Waals surface area contributed by atoms with E-state index < -0.39 is 17.7 Å². The highest BCUT2D eigenvalue weighted by Gasteiger charge is 2.44. The molecule has 0 aliphatic heterocycles. The maximum atomic E-state index is 12.0. The Morgan fingerprint density at radius 1 is 1.35 bits per heavy atom. The maximum absolute atomic E-state index is 12.0. The van der Waals surface area contributed by atoms with Crippen molar-refractivity contribution in [3.8, 4) is 0 Å². The second-order valence-electron chi connectivity index (χ2n) is 4.22. The number of hydrogen-bond acceptors (Lipinski definition) is 2. The standard InChI is InChI=1S/C12H17F3O2/c1-5-11(4,8-6-7-9(2)3)17-10(16)12(13,14)15/h5,7H,1,6,8H2,2-4H3. The van der Waals surface area contributed by atoms with Crippen LogP contribution in [0.4, 0.5) is 13.2 Å². The van der Waals surface area contributed by atoms with Crippen molar-refractivity contribution in [2.45, 2.75) is 45.4 Å². The number of carbonyl (C=O) groups is 1. The number of halogens is 3. The predicted octanol–water partition coefficient (Wildman–Crippen LogP) is 3.78. The monoisotopic (exact) mass is 250 g/mol. The van der Waals surface area contributed by atoms with Gasteiger partial charge in [0.1, 0.15) is 5.60 Å². The van der Waals surface area contributed by atoms with E-state index in [9.17, 15) is 18.0 Å². The van der Waals surface area contributed by atoms with E-state index in [4.69, 9.17) is 0 Å². The molecule has 0 aliphatic rings. The van der Waals surface area contributed by atoms with Gasteiger partial charge >= 0.3 is 12.1 Å². The fourth-order valence-electron chi connectivity index (χ4n) is 1.11. The first-order valence-corrected chi connectivity index (χ1v) is 5.18. The van der Waals surface area contributed by atoms with Crippen molar-refractivity contribution in [1.82, 2.24) is 0 Å². The van der Waals surface area contributed by atoms with Gasteiger partial charge in [0.15, 0.2) is 0 Å². The predicted molar refractivity (Wildman–Crippen MR) is 59.4 cm³/mol. The van der Waals surface area contributed by atoms with E-state index in [1.807, 2.05) is 19.9 Å². The molecule has 0 aromatic rings. The molecule has 0 amide bonds. The van der Waals surface area contributed by atoms with Crippen molar-refractivity contribution < 1.29 is 22.7 Å². The molecule has 0 heterocycles. The molecule has 0 bridgehead atoms. The molecule has 0 rings (SSSR count). The molecule has 2 nitrogen and oxygen atoms in total. The van der Waals surface area contributed by atoms with Crippen LogP contribution in [0.15, 0.2) is 24.3 Å². The lowest BCUT2D eigenvalue weighted by Gasteiger charge is -2.26. The number of alkyl halides is 3. The molecule has 0 aliphatic carbocycles. The largest absolute Gasteiger partial charge is 0.490 e. The highest BCUT2D eigenvalue weighted by molar-refractivity contribution is 5.76. The lowest BCUT2D eigenvalue weighted by molar-refractivity contribution is -0.209. The Labute approximate surface area is 99.1 Å². The number of esters is 1. The zero-order valence-corrected chi connectivity index (χ0v) is 10.2. The molecule has 0 aromatic carbocycles. The van der Waals surface area contributed by atoms with Gasteiger partial charge in [-0.15, -0.1) is 0 Å². The second-order valence-corrected chi connectivity index (χ2v) is 4.22. The zero-order valence-electron chi connectivity index (χ0n) is 10.2. The van der Waals surface area contributed by atoms with Crippen molar-refractivity contribution in [3.05, 3.63) is 24.3 Å². The molecule has 0 radical (unpaired) electrons. The number of carbonyl (C=O) groups excluding carboxylic acids is 1. The molecule has 0 fully saturated rings. The van der Waals surface area contributed by atoms with Crippen molar-refractivity contribution in [2.24, 2.45) is 0 Å². The quantitative estimate of drug-likeness (QED) is 0.548. The smallest absolute Gasteiger partial charge is 0.448 e. The summed E-state index contributed by atoms with van der Waals surface area (Å²) in [4.78, 5) is 10.7. The van der Waals surface area contributed by atoms with Gasteiger partial charge in [-0.3, -0.25) is 0 Å². The van der Waals surface area contributed by atoms with Crippen LogP contribution in [0.1, 0.15) is 33.6 Å². The highest BCUT2D eigenvalue weighted by Crippen LogP contribution is 2.25. The molecule has 0 saturated heterocycles. The summed E-state index contributed by atoms with van der Waals surface area (Å²) in [6, 6.07) is 0. The molecule has 17 heavy (non-hydrogen) atoms. The van der Waals surface area contributed by atoms with Crippen molar-refractivity contribution in [3.63, 3.8) is 0 Å². The Hall–Kier alpha value is -1.26. The van der Waals surface area contributed by atoms with E-state index in [-0.39, 0.29) is 6.42 Å². The Balaban J connectivity index is 4.53. The van der Waals surface area contributed by atoms with Crippen molar-refractivity contribution >= 4 is 5.97 Å². The third kappa shape index (κ3) is 6.14. The molecule has 1 unspecified atom stereocenters. The third-order valence-corrected chi connectivity index (χ3v) is 2.18. The van der Waals surface area contributed by atoms with Gasteiger partial charge in [0.05, 0.1) is 0 Å². The summed E-state index contributed by atoms with van der Waals surface area (Å²) in [5.74, 6) is -2.18. The zero-order chi connectivity index (χ0) is 13.7. The van der Waals surface area contributed by atoms with Gasteiger partial charge in [-0.2, -0.15) is 13.2 Å². The van der Waals surface area contributed by atoms with E-state index in [0.29, 0.717) is 6.42 Å². The Kier molecular flexibility index (Phi) is 5.45. The van der Waals surface area contributed by atoms with Gasteiger partial charge in [0, 0.05) is 0 Å². The summed E-state index contributed by atoms with van der Waals surface area (Å²) in [6.07, 6.45) is -1.10. The van der Waals surface area contributed by atoms with E-state index in [0.717, 1.165) is 5.57 Å². The summed E-state index contributed by atoms with van der Waals surface area (Å²) in [5, 5.41) is 0. The normalized spacial score (nSPS) is 14.7. The average molecular weight is 250 g/mol. The summed E-state index contributed by atoms with van der Waals surface area (Å²) < 4.78 is 40.6. The SMILES string of the molecule is C=CC(C)(CCC=C(C)C)OC(=O)C(F)(F)F. The summed E-state index contributed by atoms with van der Waals surface area (Å²) in [6.45, 7) is 8.57. The first kappa shape index (κ1) is 15.7. The van der Waals surface area contributed by atoms with Crippen molar-refractivity contribution in [2.75, 3.05) is 0 Å². The molecule has 0 spiro atoms. The van der Waals surface area contributed by atoms with Gasteiger partial charge in [0.25, 0.3) is 0 Å². The molecule has 0 N–H and O–H groups in total. The van der Waals surface area contributed by atoms with Crippen LogP contribution in [-0.2, 0) is 9.53 Å². The number of allylic oxidation sites excluding steroid dienone is 2. The fraction of sp³-hybridized carbons (Fsp3) is 0.583. The van der Waals surface area contributed by atoms with E-state index in [1.165, 1.54) is 13.0 Å². The minimum Gasteiger partial charge on any atom is -0.448 e. The third-order valence-electron chi connectivity index (χ3n) is 2.18. The Morgan fingerprint density at radius 2 is 1.88 bits per heavy atom. The van der Waals surface area contributed by atoms with Crippen LogP contribution >= 0.6 is 0 Å². The van der Waals surface area contributed by atoms with Crippen LogP contribution in [0.5, 0.6) is 0 Å². The maximum Gasteiger partial charge on any atom is 0.490 e. The van der Waals surface area contributed by atoms with Crippen LogP contribution in [0.25, 0.3) is 0 Å². The summed E-state index contributed by atoms with van der Waals surface area (Å²) in [7, 11) is 0. The molecule has 0 aromatic heterocycles. The van der Waals surface area contributed by atoms with Crippen LogP contribution in [-0.4, -0.2) is 17.7 Å². The lowest BCUT2D eigenvalue weighted by atomic mass is 9.99. The fourth-order valence-corrected chi connectivity index (χ4v) is 1.11. The molecule has 5 heteroatoms. The van der Waals surface area contributed by atoms with Crippen molar-refractivity contribution in [1.29, 1.82) is 0 Å². The van der Waals surface area contributed by atoms with Gasteiger partial charge in [-0.1, -0.05) is 18.2 Å². The second kappa shape index (κ2) is 5.89. The van der Waals surface area contributed by atoms with Crippen LogP contribution in [0.2, 0.25) is 0 Å². The topological polar surface area (TPSA) is 26.3 Å². The average Bonchev–Trinajstić information content (AvgIpc) is 2.15. The molecular weight excluding hydrogens is 233 g/mol. The number of hydrogen-bond donors (Lipinski definition) is 0. The first-order valence-electron chi connectivity index (χ1n) is 5.18. The lowest BCUT2D eigenvalue weighted by Crippen LogP contribution is -2.36. The Bertz CT molecular complexity index is 314. The van der Waals surface area contributed by atoms with E-state index in [1.54, 1.807) is 0 Å². The molecular formula is C12H17F3O2. The Morgan fingerprint density at radius 3 is 2.24 bits per heavy atom. The minimum atomic E-state index is -4.97. The first-order chi connectivity index (χ1) is 7.60. The van der Waals surface area contributed by atoms with Gasteiger partial charge in [-0.25, -0.2) is 4.79 Å². The van der Waals surface area contributed by atoms with E-state index in [2.05, 4.69) is 11.3 Å². The summed E-state index contributed by atoms with van der Waals surface area (Å²) in [5.41, 5.74) is -0.239. The van der Waals surface area contributed by atoms with Gasteiger partial charge in [0.2, 0.25) is 0 Å². The van der Waals surface area contributed by atoms with Crippen LogP contribution < -0.4 is 0 Å². The molecule has 0 saturated carbocycles.